The van der Waals surface area contributed by atoms with E-state index in [9.17, 15) is 9.59 Å². The molecule has 0 saturated carbocycles. The number of aromatic nitrogens is 2. The van der Waals surface area contributed by atoms with Crippen molar-refractivity contribution in [2.75, 3.05) is 10.6 Å². The number of carbonyl (C=O) groups is 1. The highest BCUT2D eigenvalue weighted by Gasteiger charge is 2.03. The minimum absolute atomic E-state index is 0.284. The first-order valence-electron chi connectivity index (χ1n) is 6.90. The van der Waals surface area contributed by atoms with Gasteiger partial charge in [-0.1, -0.05) is 25.5 Å². The molecule has 0 spiro atoms. The number of benzene rings is 1. The van der Waals surface area contributed by atoms with E-state index in [0.29, 0.717) is 5.69 Å². The average molecular weight is 286 g/mol. The topological polar surface area (TPSA) is 86.9 Å². The zero-order valence-electron chi connectivity index (χ0n) is 11.8. The van der Waals surface area contributed by atoms with Crippen LogP contribution in [-0.2, 0) is 6.42 Å². The van der Waals surface area contributed by atoms with Gasteiger partial charge in [-0.05, 0) is 36.6 Å². The van der Waals surface area contributed by atoms with Gasteiger partial charge in [0.1, 0.15) is 0 Å². The van der Waals surface area contributed by atoms with Crippen LogP contribution in [0.2, 0.25) is 0 Å². The summed E-state index contributed by atoms with van der Waals surface area (Å²) in [6.07, 6.45) is 3.37. The lowest BCUT2D eigenvalue weighted by Gasteiger charge is -2.07. The number of carbonyl (C=O) groups excluding carboxylic acids is 1. The highest BCUT2D eigenvalue weighted by molar-refractivity contribution is 5.99. The second-order valence-corrected chi connectivity index (χ2v) is 4.69. The van der Waals surface area contributed by atoms with Gasteiger partial charge in [-0.3, -0.25) is 10.1 Å². The molecule has 0 aliphatic rings. The molecule has 1 aromatic carbocycles. The van der Waals surface area contributed by atoms with E-state index in [4.69, 9.17) is 0 Å². The number of urea groups is 1. The number of nitrogens with one attached hydrogen (secondary N) is 3. The second kappa shape index (κ2) is 7.23. The van der Waals surface area contributed by atoms with Crippen LogP contribution in [0.15, 0.2) is 41.2 Å². The SMILES string of the molecule is CCCCc1ccc(NC(=O)Nc2ccc(=O)[nH]n2)cc1. The molecule has 0 atom stereocenters. The molecule has 3 N–H and O–H groups in total. The van der Waals surface area contributed by atoms with Gasteiger partial charge in [-0.25, -0.2) is 9.89 Å². The monoisotopic (exact) mass is 286 g/mol. The Labute approximate surface area is 122 Å². The first kappa shape index (κ1) is 14.8. The van der Waals surface area contributed by atoms with Gasteiger partial charge in [0.15, 0.2) is 5.82 Å². The van der Waals surface area contributed by atoms with Gasteiger partial charge in [-0.2, -0.15) is 5.10 Å². The van der Waals surface area contributed by atoms with E-state index in [1.165, 1.54) is 17.7 Å². The second-order valence-electron chi connectivity index (χ2n) is 4.69. The van der Waals surface area contributed by atoms with Crippen LogP contribution >= 0.6 is 0 Å². The lowest BCUT2D eigenvalue weighted by atomic mass is 10.1. The van der Waals surface area contributed by atoms with Gasteiger partial charge >= 0.3 is 6.03 Å². The van der Waals surface area contributed by atoms with Crippen molar-refractivity contribution < 1.29 is 4.79 Å². The zero-order chi connectivity index (χ0) is 15.1. The van der Waals surface area contributed by atoms with E-state index in [1.807, 2.05) is 24.3 Å². The molecule has 0 aliphatic carbocycles. The summed E-state index contributed by atoms with van der Waals surface area (Å²) in [6, 6.07) is 10.1. The smallest absolute Gasteiger partial charge is 0.308 e. The summed E-state index contributed by atoms with van der Waals surface area (Å²) >= 11 is 0. The molecule has 1 aromatic heterocycles. The van der Waals surface area contributed by atoms with Crippen LogP contribution in [0.25, 0.3) is 0 Å². The van der Waals surface area contributed by atoms with E-state index in [0.717, 1.165) is 19.3 Å². The molecule has 110 valence electrons. The zero-order valence-corrected chi connectivity index (χ0v) is 11.8. The molecular weight excluding hydrogens is 268 g/mol. The highest BCUT2D eigenvalue weighted by Crippen LogP contribution is 2.12. The number of amides is 2. The molecule has 6 nitrogen and oxygen atoms in total. The fourth-order valence-electron chi connectivity index (χ4n) is 1.83. The summed E-state index contributed by atoms with van der Waals surface area (Å²) in [5.41, 5.74) is 1.64. The summed E-state index contributed by atoms with van der Waals surface area (Å²) in [4.78, 5) is 22.6. The van der Waals surface area contributed by atoms with Crippen molar-refractivity contribution in [3.05, 3.63) is 52.3 Å². The Bertz CT molecular complexity index is 629. The Morgan fingerprint density at radius 3 is 2.52 bits per heavy atom. The molecule has 1 heterocycles. The van der Waals surface area contributed by atoms with Gasteiger partial charge in [0.2, 0.25) is 0 Å². The van der Waals surface area contributed by atoms with Crippen molar-refractivity contribution in [1.29, 1.82) is 0 Å². The largest absolute Gasteiger partial charge is 0.324 e. The first-order valence-corrected chi connectivity index (χ1v) is 6.90. The third-order valence-electron chi connectivity index (χ3n) is 2.95. The fourth-order valence-corrected chi connectivity index (χ4v) is 1.83. The van der Waals surface area contributed by atoms with Crippen molar-refractivity contribution in [3.63, 3.8) is 0 Å². The minimum Gasteiger partial charge on any atom is -0.308 e. The molecular formula is C15H18N4O2. The molecule has 2 rings (SSSR count). The maximum atomic E-state index is 11.8. The number of aryl methyl sites for hydroxylation is 1. The van der Waals surface area contributed by atoms with Crippen LogP contribution in [0, 0.1) is 0 Å². The summed E-state index contributed by atoms with van der Waals surface area (Å²) in [5, 5.41) is 11.2. The van der Waals surface area contributed by atoms with E-state index in [-0.39, 0.29) is 11.4 Å². The number of hydrogen-bond donors (Lipinski definition) is 3. The number of rotatable bonds is 5. The summed E-state index contributed by atoms with van der Waals surface area (Å²) < 4.78 is 0. The Balaban J connectivity index is 1.90. The molecule has 0 aliphatic heterocycles. The Kier molecular flexibility index (Phi) is 5.09. The van der Waals surface area contributed by atoms with Crippen molar-refractivity contribution in [1.82, 2.24) is 10.2 Å². The number of nitrogens with zero attached hydrogens (tertiary/aromatic N) is 1. The third-order valence-corrected chi connectivity index (χ3v) is 2.95. The van der Waals surface area contributed by atoms with Crippen LogP contribution in [0.4, 0.5) is 16.3 Å². The summed E-state index contributed by atoms with van der Waals surface area (Å²) in [6.45, 7) is 2.16. The van der Waals surface area contributed by atoms with Gasteiger partial charge in [-0.15, -0.1) is 0 Å². The Hall–Kier alpha value is -2.63. The van der Waals surface area contributed by atoms with E-state index >= 15 is 0 Å². The third kappa shape index (κ3) is 4.76. The predicted molar refractivity (Wildman–Crippen MR) is 82.6 cm³/mol. The molecule has 0 bridgehead atoms. The van der Waals surface area contributed by atoms with Crippen LogP contribution in [0.1, 0.15) is 25.3 Å². The summed E-state index contributed by atoms with van der Waals surface area (Å²) in [5.74, 6) is 0.284. The first-order chi connectivity index (χ1) is 10.2. The lowest BCUT2D eigenvalue weighted by molar-refractivity contribution is 0.262. The van der Waals surface area contributed by atoms with Crippen molar-refractivity contribution in [3.8, 4) is 0 Å². The van der Waals surface area contributed by atoms with Crippen LogP contribution in [0.3, 0.4) is 0 Å². The van der Waals surface area contributed by atoms with Gasteiger partial charge in [0, 0.05) is 11.8 Å². The molecule has 6 heteroatoms. The average Bonchev–Trinajstić information content (AvgIpc) is 2.49. The van der Waals surface area contributed by atoms with E-state index in [1.54, 1.807) is 0 Å². The van der Waals surface area contributed by atoms with Crippen LogP contribution in [0.5, 0.6) is 0 Å². The van der Waals surface area contributed by atoms with Gasteiger partial charge in [0.25, 0.3) is 5.56 Å². The molecule has 2 aromatic rings. The number of aromatic amines is 1. The van der Waals surface area contributed by atoms with Crippen LogP contribution < -0.4 is 16.2 Å². The number of anilines is 2. The molecule has 0 fully saturated rings. The highest BCUT2D eigenvalue weighted by atomic mass is 16.2. The van der Waals surface area contributed by atoms with Gasteiger partial charge < -0.3 is 5.32 Å². The molecule has 21 heavy (non-hydrogen) atoms. The Morgan fingerprint density at radius 1 is 1.14 bits per heavy atom. The number of unbranched alkanes of at least 4 members (excludes halogenated alkanes) is 1. The number of H-pyrrole nitrogens is 1. The van der Waals surface area contributed by atoms with Crippen LogP contribution in [-0.4, -0.2) is 16.2 Å². The predicted octanol–water partition coefficient (Wildman–Crippen LogP) is 2.76. The molecule has 0 radical (unpaired) electrons. The Morgan fingerprint density at radius 2 is 1.90 bits per heavy atom. The van der Waals surface area contributed by atoms with E-state index in [2.05, 4.69) is 27.8 Å². The van der Waals surface area contributed by atoms with Crippen molar-refractivity contribution in [2.24, 2.45) is 0 Å². The van der Waals surface area contributed by atoms with Gasteiger partial charge in [0.05, 0.1) is 0 Å². The van der Waals surface area contributed by atoms with Crippen molar-refractivity contribution in [2.45, 2.75) is 26.2 Å². The van der Waals surface area contributed by atoms with Crippen molar-refractivity contribution >= 4 is 17.5 Å². The molecule has 0 unspecified atom stereocenters. The molecule has 0 saturated heterocycles. The summed E-state index contributed by atoms with van der Waals surface area (Å²) in [7, 11) is 0. The maximum Gasteiger partial charge on any atom is 0.324 e. The fraction of sp³-hybridized carbons (Fsp3) is 0.267. The lowest BCUT2D eigenvalue weighted by Crippen LogP contribution is -2.21. The molecule has 2 amide bonds. The normalized spacial score (nSPS) is 10.1. The number of hydrogen-bond acceptors (Lipinski definition) is 3. The quantitative estimate of drug-likeness (QED) is 0.789. The maximum absolute atomic E-state index is 11.8. The standard InChI is InChI=1S/C15H18N4O2/c1-2-3-4-11-5-7-12(8-6-11)16-15(21)17-13-9-10-14(20)19-18-13/h5-10H,2-4H2,1H3,(H,19,20)(H2,16,17,18,21). The minimum atomic E-state index is -0.407. The van der Waals surface area contributed by atoms with E-state index < -0.39 is 6.03 Å².